The Labute approximate surface area is 127 Å². The lowest BCUT2D eigenvalue weighted by molar-refractivity contribution is 0.0371. The summed E-state index contributed by atoms with van der Waals surface area (Å²) < 4.78 is 0. The first kappa shape index (κ1) is 18.0. The minimum Gasteiger partial charge on any atom is -0.298 e. The van der Waals surface area contributed by atoms with Gasteiger partial charge in [-0.05, 0) is 65.8 Å². The van der Waals surface area contributed by atoms with Crippen molar-refractivity contribution in [1.29, 1.82) is 0 Å². The molecule has 0 aromatic heterocycles. The lowest BCUT2D eigenvalue weighted by Gasteiger charge is -2.46. The Morgan fingerprint density at radius 1 is 0.750 bits per heavy atom. The van der Waals surface area contributed by atoms with E-state index >= 15 is 0 Å². The van der Waals surface area contributed by atoms with E-state index in [2.05, 4.69) is 37.5 Å². The fraction of sp³-hybridized carbons (Fsp3) is 1.00. The second-order valence-corrected chi connectivity index (χ2v) is 7.22. The maximum Gasteiger partial charge on any atom is 0.0126 e. The van der Waals surface area contributed by atoms with E-state index in [-0.39, 0.29) is 7.43 Å². The largest absolute Gasteiger partial charge is 0.298 e. The van der Waals surface area contributed by atoms with Crippen molar-refractivity contribution in [2.45, 2.75) is 91.8 Å². The van der Waals surface area contributed by atoms with Crippen LogP contribution in [0.2, 0.25) is 0 Å². The van der Waals surface area contributed by atoms with Crippen LogP contribution in [0.5, 0.6) is 0 Å². The molecule has 0 aromatic carbocycles. The van der Waals surface area contributed by atoms with Crippen molar-refractivity contribution in [2.24, 2.45) is 5.92 Å². The van der Waals surface area contributed by atoms with Crippen molar-refractivity contribution < 1.29 is 0 Å². The summed E-state index contributed by atoms with van der Waals surface area (Å²) in [5, 5.41) is 0. The number of nitrogens with zero attached hydrogens (tertiary/aromatic N) is 2. The number of hydrogen-bond donors (Lipinski definition) is 0. The Balaban J connectivity index is 0.000000243. The summed E-state index contributed by atoms with van der Waals surface area (Å²) in [5.41, 5.74) is 0. The molecule has 1 aliphatic carbocycles. The van der Waals surface area contributed by atoms with Crippen molar-refractivity contribution in [1.82, 2.24) is 9.80 Å². The molecule has 0 spiro atoms. The lowest BCUT2D eigenvalue weighted by Crippen LogP contribution is -2.49. The topological polar surface area (TPSA) is 6.25 Å². The van der Waals surface area contributed by atoms with E-state index in [1.165, 1.54) is 58.2 Å². The standard InChI is InChI=1S/C12H23N.C5H11N.CH4/c1-10(2)13-9-5-7-11-6-3-4-8-12(11)13;1-5(2)6-3-4-6;/h10-12H,3-9H2,1-2H3;5H,3-4H2,1-2H3;1H4. The fourth-order valence-corrected chi connectivity index (χ4v) is 3.88. The molecule has 2 unspecified atom stereocenters. The summed E-state index contributed by atoms with van der Waals surface area (Å²) in [6.07, 6.45) is 8.90. The molecule has 0 bridgehead atoms. The van der Waals surface area contributed by atoms with Crippen LogP contribution in [0.25, 0.3) is 0 Å². The van der Waals surface area contributed by atoms with Crippen LogP contribution in [-0.4, -0.2) is 47.6 Å². The summed E-state index contributed by atoms with van der Waals surface area (Å²) in [6, 6.07) is 2.51. The van der Waals surface area contributed by atoms with Gasteiger partial charge in [-0.15, -0.1) is 0 Å². The number of likely N-dealkylation sites (tertiary alicyclic amines) is 1. The van der Waals surface area contributed by atoms with E-state index in [9.17, 15) is 0 Å². The van der Waals surface area contributed by atoms with Crippen LogP contribution in [0, 0.1) is 5.92 Å². The van der Waals surface area contributed by atoms with Gasteiger partial charge in [0.05, 0.1) is 0 Å². The third-order valence-electron chi connectivity index (χ3n) is 5.16. The molecule has 20 heavy (non-hydrogen) atoms. The quantitative estimate of drug-likeness (QED) is 0.693. The van der Waals surface area contributed by atoms with Crippen LogP contribution in [0.4, 0.5) is 0 Å². The highest BCUT2D eigenvalue weighted by molar-refractivity contribution is 4.88. The van der Waals surface area contributed by atoms with E-state index in [0.29, 0.717) is 0 Å². The van der Waals surface area contributed by atoms with Crippen molar-refractivity contribution >= 4 is 0 Å². The van der Waals surface area contributed by atoms with Gasteiger partial charge in [-0.25, -0.2) is 0 Å². The zero-order valence-electron chi connectivity index (χ0n) is 13.6. The van der Waals surface area contributed by atoms with Crippen LogP contribution >= 0.6 is 0 Å². The number of fused-ring (bicyclic) bond motifs is 1. The predicted octanol–water partition coefficient (Wildman–Crippen LogP) is 4.40. The normalized spacial score (nSPS) is 30.3. The summed E-state index contributed by atoms with van der Waals surface area (Å²) in [7, 11) is 0. The summed E-state index contributed by atoms with van der Waals surface area (Å²) in [6.45, 7) is 13.2. The molecule has 2 nitrogen and oxygen atoms in total. The van der Waals surface area contributed by atoms with E-state index in [1.807, 2.05) is 0 Å². The third-order valence-corrected chi connectivity index (χ3v) is 5.16. The minimum atomic E-state index is 0. The molecule has 2 atom stereocenters. The average molecular weight is 283 g/mol. The van der Waals surface area contributed by atoms with Gasteiger partial charge in [0, 0.05) is 31.2 Å². The SMILES string of the molecule is C.CC(C)N1CC1.CC(C)N1CCCC2CCCCC21. The van der Waals surface area contributed by atoms with E-state index in [0.717, 1.165) is 24.0 Å². The van der Waals surface area contributed by atoms with Crippen molar-refractivity contribution in [3.05, 3.63) is 0 Å². The first-order valence-electron chi connectivity index (χ1n) is 8.59. The molecule has 120 valence electrons. The van der Waals surface area contributed by atoms with E-state index < -0.39 is 0 Å². The number of hydrogen-bond acceptors (Lipinski definition) is 2. The molecule has 0 amide bonds. The molecule has 0 radical (unpaired) electrons. The highest BCUT2D eigenvalue weighted by atomic mass is 15.3. The number of piperidine rings is 1. The van der Waals surface area contributed by atoms with Gasteiger partial charge in [0.2, 0.25) is 0 Å². The smallest absolute Gasteiger partial charge is 0.0126 e. The maximum atomic E-state index is 2.76. The van der Waals surface area contributed by atoms with Crippen molar-refractivity contribution in [3.8, 4) is 0 Å². The molecule has 2 heteroatoms. The summed E-state index contributed by atoms with van der Waals surface area (Å²) in [4.78, 5) is 5.17. The Morgan fingerprint density at radius 2 is 1.35 bits per heavy atom. The molecule has 2 heterocycles. The van der Waals surface area contributed by atoms with Gasteiger partial charge < -0.3 is 0 Å². The van der Waals surface area contributed by atoms with Gasteiger partial charge in [0.25, 0.3) is 0 Å². The van der Waals surface area contributed by atoms with Crippen LogP contribution in [0.15, 0.2) is 0 Å². The van der Waals surface area contributed by atoms with Gasteiger partial charge in [-0.3, -0.25) is 9.80 Å². The molecular formula is C18H38N2. The Kier molecular flexibility index (Phi) is 7.53. The van der Waals surface area contributed by atoms with Crippen LogP contribution in [-0.2, 0) is 0 Å². The van der Waals surface area contributed by atoms with Crippen molar-refractivity contribution in [3.63, 3.8) is 0 Å². The zero-order chi connectivity index (χ0) is 13.8. The average Bonchev–Trinajstić information content (AvgIpc) is 3.23. The maximum absolute atomic E-state index is 2.76. The second-order valence-electron chi connectivity index (χ2n) is 7.22. The van der Waals surface area contributed by atoms with Gasteiger partial charge in [0.1, 0.15) is 0 Å². The molecule has 3 rings (SSSR count). The molecule has 0 N–H and O–H groups in total. The van der Waals surface area contributed by atoms with E-state index in [1.54, 1.807) is 0 Å². The Bertz CT molecular complexity index is 256. The van der Waals surface area contributed by atoms with Gasteiger partial charge in [0.15, 0.2) is 0 Å². The van der Waals surface area contributed by atoms with Gasteiger partial charge in [-0.1, -0.05) is 20.3 Å². The van der Waals surface area contributed by atoms with Crippen LogP contribution < -0.4 is 0 Å². The van der Waals surface area contributed by atoms with E-state index in [4.69, 9.17) is 0 Å². The Morgan fingerprint density at radius 3 is 1.85 bits per heavy atom. The summed E-state index contributed by atoms with van der Waals surface area (Å²) >= 11 is 0. The Hall–Kier alpha value is -0.0800. The molecule has 3 fully saturated rings. The monoisotopic (exact) mass is 282 g/mol. The van der Waals surface area contributed by atoms with Crippen LogP contribution in [0.1, 0.15) is 73.6 Å². The molecule has 2 saturated heterocycles. The van der Waals surface area contributed by atoms with Crippen molar-refractivity contribution in [2.75, 3.05) is 19.6 Å². The van der Waals surface area contributed by atoms with Gasteiger partial charge >= 0.3 is 0 Å². The number of rotatable bonds is 2. The highest BCUT2D eigenvalue weighted by Crippen LogP contribution is 2.35. The minimum absolute atomic E-state index is 0. The van der Waals surface area contributed by atoms with Crippen LogP contribution in [0.3, 0.4) is 0 Å². The predicted molar refractivity (Wildman–Crippen MR) is 90.3 cm³/mol. The molecular weight excluding hydrogens is 244 g/mol. The molecule has 2 aliphatic heterocycles. The molecule has 3 aliphatic rings. The fourth-order valence-electron chi connectivity index (χ4n) is 3.88. The zero-order valence-corrected chi connectivity index (χ0v) is 13.6. The molecule has 0 aromatic rings. The van der Waals surface area contributed by atoms with Gasteiger partial charge in [-0.2, -0.15) is 0 Å². The highest BCUT2D eigenvalue weighted by Gasteiger charge is 2.33. The first-order valence-corrected chi connectivity index (χ1v) is 8.59. The molecule has 1 saturated carbocycles. The second kappa shape index (κ2) is 8.38. The summed E-state index contributed by atoms with van der Waals surface area (Å²) in [5.74, 6) is 1.05. The first-order chi connectivity index (χ1) is 9.09. The lowest BCUT2D eigenvalue weighted by atomic mass is 9.78. The third kappa shape index (κ3) is 5.04.